The van der Waals surface area contributed by atoms with Gasteiger partial charge in [-0.3, -0.25) is 25.3 Å². The molecule has 0 bridgehead atoms. The van der Waals surface area contributed by atoms with Crippen LogP contribution in [0.5, 0.6) is 0 Å². The van der Waals surface area contributed by atoms with E-state index >= 15 is 0 Å². The summed E-state index contributed by atoms with van der Waals surface area (Å²) in [6, 6.07) is -0.0187. The van der Waals surface area contributed by atoms with Gasteiger partial charge in [-0.15, -0.1) is 0 Å². The molecular weight excluding hydrogens is 468 g/mol. The molecule has 0 aliphatic carbocycles. The zero-order valence-electron chi connectivity index (χ0n) is 22.0. The van der Waals surface area contributed by atoms with E-state index in [1.807, 2.05) is 9.80 Å². The summed E-state index contributed by atoms with van der Waals surface area (Å²) in [5.74, 6) is -0.204. The fourth-order valence-corrected chi connectivity index (χ4v) is 5.15. The van der Waals surface area contributed by atoms with Gasteiger partial charge in [-0.25, -0.2) is 9.59 Å². The average molecular weight is 511 g/mol. The number of guanidine groups is 1. The molecular formula is C24H42N6O6. The number of rotatable bonds is 7. The van der Waals surface area contributed by atoms with E-state index < -0.39 is 17.7 Å². The minimum atomic E-state index is -0.824. The van der Waals surface area contributed by atoms with Crippen molar-refractivity contribution in [1.29, 1.82) is 5.41 Å². The minimum Gasteiger partial charge on any atom is -0.480 e. The van der Waals surface area contributed by atoms with Crippen LogP contribution in [0.4, 0.5) is 9.59 Å². The Morgan fingerprint density at radius 1 is 1.11 bits per heavy atom. The smallest absolute Gasteiger partial charge is 0.414 e. The van der Waals surface area contributed by atoms with Crippen molar-refractivity contribution in [2.75, 3.05) is 52.9 Å². The van der Waals surface area contributed by atoms with Crippen molar-refractivity contribution in [2.45, 2.75) is 70.7 Å². The summed E-state index contributed by atoms with van der Waals surface area (Å²) in [7, 11) is 1.79. The predicted molar refractivity (Wildman–Crippen MR) is 133 cm³/mol. The Kier molecular flexibility index (Phi) is 9.40. The molecule has 3 rings (SSSR count). The third-order valence-corrected chi connectivity index (χ3v) is 7.12. The van der Waals surface area contributed by atoms with Crippen LogP contribution in [0, 0.1) is 11.3 Å². The molecule has 3 aliphatic heterocycles. The van der Waals surface area contributed by atoms with Gasteiger partial charge in [0.15, 0.2) is 6.23 Å². The number of likely N-dealkylation sites (tertiary alicyclic amines) is 1. The molecule has 3 saturated heterocycles. The van der Waals surface area contributed by atoms with Gasteiger partial charge in [-0.05, 0) is 46.0 Å². The predicted octanol–water partition coefficient (Wildman–Crippen LogP) is 1.81. The van der Waals surface area contributed by atoms with Crippen molar-refractivity contribution in [3.05, 3.63) is 0 Å². The fraction of sp³-hybridized carbons (Fsp3) is 0.833. The third-order valence-electron chi connectivity index (χ3n) is 7.12. The molecule has 2 atom stereocenters. The molecule has 3 aliphatic rings. The van der Waals surface area contributed by atoms with E-state index in [-0.39, 0.29) is 30.9 Å². The molecule has 0 aromatic heterocycles. The second kappa shape index (κ2) is 12.1. The molecule has 0 aromatic rings. The Bertz CT molecular complexity index is 801. The molecule has 0 aromatic carbocycles. The molecule has 3 heterocycles. The molecule has 0 saturated carbocycles. The van der Waals surface area contributed by atoms with Crippen LogP contribution in [0.15, 0.2) is 0 Å². The van der Waals surface area contributed by atoms with Crippen molar-refractivity contribution in [1.82, 2.24) is 24.9 Å². The van der Waals surface area contributed by atoms with Crippen LogP contribution in [-0.4, -0.2) is 120 Å². The van der Waals surface area contributed by atoms with Crippen molar-refractivity contribution < 1.29 is 29.0 Å². The van der Waals surface area contributed by atoms with Gasteiger partial charge in [-0.2, -0.15) is 0 Å². The quantitative estimate of drug-likeness (QED) is 0.346. The highest BCUT2D eigenvalue weighted by Gasteiger charge is 2.43. The summed E-state index contributed by atoms with van der Waals surface area (Å²) < 4.78 is 10.9. The number of nitrogens with zero attached hydrogens (tertiary/aromatic N) is 4. The van der Waals surface area contributed by atoms with Crippen molar-refractivity contribution in [3.8, 4) is 0 Å². The van der Waals surface area contributed by atoms with Gasteiger partial charge in [0.2, 0.25) is 5.96 Å². The summed E-state index contributed by atoms with van der Waals surface area (Å²) in [5.41, 5.74) is -0.603. The van der Waals surface area contributed by atoms with E-state index in [2.05, 4.69) is 10.2 Å². The SMILES string of the molecule is CN1C(=O)OC(N2CCN(CC(=O)O)CC2)C1CCCC1CCN(C(=N)NC(=O)OC(C)(C)C)CC1. The van der Waals surface area contributed by atoms with Gasteiger partial charge < -0.3 is 24.4 Å². The first-order chi connectivity index (χ1) is 16.9. The highest BCUT2D eigenvalue weighted by atomic mass is 16.6. The largest absolute Gasteiger partial charge is 0.480 e. The lowest BCUT2D eigenvalue weighted by Crippen LogP contribution is -2.54. The first kappa shape index (κ1) is 28.0. The van der Waals surface area contributed by atoms with Crippen molar-refractivity contribution in [2.24, 2.45) is 5.92 Å². The van der Waals surface area contributed by atoms with E-state index in [0.717, 1.165) is 32.1 Å². The topological polar surface area (TPSA) is 139 Å². The van der Waals surface area contributed by atoms with Crippen LogP contribution in [0.3, 0.4) is 0 Å². The molecule has 3 N–H and O–H groups in total. The van der Waals surface area contributed by atoms with E-state index in [1.165, 1.54) is 0 Å². The lowest BCUT2D eigenvalue weighted by atomic mass is 9.90. The molecule has 0 radical (unpaired) electrons. The van der Waals surface area contributed by atoms with Gasteiger partial charge in [0.1, 0.15) is 5.60 Å². The third kappa shape index (κ3) is 7.95. The van der Waals surface area contributed by atoms with E-state index in [1.54, 1.807) is 32.7 Å². The molecule has 204 valence electrons. The maximum atomic E-state index is 12.3. The van der Waals surface area contributed by atoms with Gasteiger partial charge in [0.25, 0.3) is 0 Å². The Balaban J connectivity index is 1.39. The fourth-order valence-electron chi connectivity index (χ4n) is 5.15. The minimum absolute atomic E-state index is 0.0187. The van der Waals surface area contributed by atoms with Crippen molar-refractivity contribution in [3.63, 3.8) is 0 Å². The monoisotopic (exact) mass is 510 g/mol. The maximum Gasteiger partial charge on any atom is 0.414 e. The average Bonchev–Trinajstić information content (AvgIpc) is 3.07. The zero-order valence-corrected chi connectivity index (χ0v) is 22.0. The summed E-state index contributed by atoms with van der Waals surface area (Å²) in [5, 5.41) is 19.7. The Morgan fingerprint density at radius 3 is 2.33 bits per heavy atom. The second-order valence-electron chi connectivity index (χ2n) is 11.0. The highest BCUT2D eigenvalue weighted by Crippen LogP contribution is 2.29. The molecule has 12 heteroatoms. The first-order valence-corrected chi connectivity index (χ1v) is 12.9. The van der Waals surface area contributed by atoms with Crippen LogP contribution < -0.4 is 5.32 Å². The van der Waals surface area contributed by atoms with Crippen LogP contribution in [0.1, 0.15) is 52.9 Å². The molecule has 0 spiro atoms. The molecule has 12 nitrogen and oxygen atoms in total. The summed E-state index contributed by atoms with van der Waals surface area (Å²) in [6.45, 7) is 9.49. The number of cyclic esters (lactones) is 1. The van der Waals surface area contributed by atoms with E-state index in [0.29, 0.717) is 45.2 Å². The molecule has 3 fully saturated rings. The number of nitrogens with one attached hydrogen (secondary N) is 2. The summed E-state index contributed by atoms with van der Waals surface area (Å²) >= 11 is 0. The number of hydrogen-bond acceptors (Lipinski definition) is 8. The zero-order chi connectivity index (χ0) is 26.5. The number of alkyl carbamates (subject to hydrolysis) is 1. The molecule has 2 unspecified atom stereocenters. The number of likely N-dealkylation sites (N-methyl/N-ethyl adjacent to an activating group) is 1. The van der Waals surface area contributed by atoms with E-state index in [9.17, 15) is 14.4 Å². The summed E-state index contributed by atoms with van der Waals surface area (Å²) in [4.78, 5) is 42.8. The van der Waals surface area contributed by atoms with Gasteiger partial charge in [-0.1, -0.05) is 12.8 Å². The Hall–Kier alpha value is -2.60. The number of hydrogen-bond donors (Lipinski definition) is 3. The van der Waals surface area contributed by atoms with Gasteiger partial charge in [0, 0.05) is 46.3 Å². The number of aliphatic carboxylic acids is 1. The van der Waals surface area contributed by atoms with Crippen LogP contribution >= 0.6 is 0 Å². The van der Waals surface area contributed by atoms with Gasteiger partial charge >= 0.3 is 18.2 Å². The van der Waals surface area contributed by atoms with Crippen LogP contribution in [0.2, 0.25) is 0 Å². The molecule has 2 amide bonds. The number of carboxylic acids is 1. The number of carboxylic acid groups (broad SMARTS) is 1. The number of piperazine rings is 1. The number of carbonyl (C=O) groups excluding carboxylic acids is 2. The van der Waals surface area contributed by atoms with E-state index in [4.69, 9.17) is 20.0 Å². The van der Waals surface area contributed by atoms with Crippen LogP contribution in [0.25, 0.3) is 0 Å². The van der Waals surface area contributed by atoms with Crippen LogP contribution in [-0.2, 0) is 14.3 Å². The summed E-state index contributed by atoms with van der Waals surface area (Å²) in [6.07, 6.45) is 3.55. The Labute approximate surface area is 213 Å². The number of ether oxygens (including phenoxy) is 2. The maximum absolute atomic E-state index is 12.3. The Morgan fingerprint density at radius 2 is 1.75 bits per heavy atom. The first-order valence-electron chi connectivity index (χ1n) is 12.9. The lowest BCUT2D eigenvalue weighted by Gasteiger charge is -2.38. The highest BCUT2D eigenvalue weighted by molar-refractivity contribution is 5.92. The molecule has 36 heavy (non-hydrogen) atoms. The van der Waals surface area contributed by atoms with Crippen molar-refractivity contribution >= 4 is 24.1 Å². The number of piperidine rings is 1. The second-order valence-corrected chi connectivity index (χ2v) is 11.0. The number of carbonyl (C=O) groups is 3. The van der Waals surface area contributed by atoms with Gasteiger partial charge in [0.05, 0.1) is 12.6 Å². The number of amides is 2. The standard InChI is InChI=1S/C24H42N6O6/c1-24(2,3)36-22(33)26-21(25)30-10-8-17(9-11-30)6-5-7-18-20(35-23(34)27(18)4)29-14-12-28(13-15-29)16-19(31)32/h17-18,20H,5-16H2,1-4H3,(H,31,32)(H2,25,26,33). The normalized spacial score (nSPS) is 24.5. The lowest BCUT2D eigenvalue weighted by molar-refractivity contribution is -0.139.